The summed E-state index contributed by atoms with van der Waals surface area (Å²) >= 11 is 3.44. The third kappa shape index (κ3) is 2.32. The van der Waals surface area contributed by atoms with Crippen molar-refractivity contribution >= 4 is 15.9 Å². The second-order valence-electron chi connectivity index (χ2n) is 5.02. The zero-order valence-corrected chi connectivity index (χ0v) is 11.9. The first-order valence-electron chi connectivity index (χ1n) is 6.33. The molecule has 18 heavy (non-hydrogen) atoms. The monoisotopic (exact) mass is 302 g/mol. The Labute approximate surface area is 116 Å². The molecule has 1 unspecified atom stereocenters. The molecule has 1 aromatic carbocycles. The second kappa shape index (κ2) is 4.81. The highest BCUT2D eigenvalue weighted by Gasteiger charge is 2.17. The molecule has 2 nitrogen and oxygen atoms in total. The van der Waals surface area contributed by atoms with Gasteiger partial charge in [-0.05, 0) is 42.9 Å². The third-order valence-corrected chi connectivity index (χ3v) is 4.03. The summed E-state index contributed by atoms with van der Waals surface area (Å²) in [5.74, 6) is 1.61. The minimum Gasteiger partial charge on any atom is -0.236 e. The molecule has 1 heterocycles. The van der Waals surface area contributed by atoms with Crippen molar-refractivity contribution in [1.29, 1.82) is 0 Å². The van der Waals surface area contributed by atoms with Gasteiger partial charge in [0, 0.05) is 21.9 Å². The number of halogens is 1. The molecule has 0 saturated heterocycles. The number of benzene rings is 1. The summed E-state index contributed by atoms with van der Waals surface area (Å²) in [4.78, 5) is 9.22. The van der Waals surface area contributed by atoms with Gasteiger partial charge in [0.05, 0.1) is 0 Å². The lowest BCUT2D eigenvalue weighted by Gasteiger charge is -2.20. The van der Waals surface area contributed by atoms with Crippen LogP contribution in [0.3, 0.4) is 0 Å². The van der Waals surface area contributed by atoms with Crippen molar-refractivity contribution in [3.05, 3.63) is 46.2 Å². The first-order chi connectivity index (χ1) is 8.72. The van der Waals surface area contributed by atoms with Crippen LogP contribution in [0.15, 0.2) is 34.9 Å². The summed E-state index contributed by atoms with van der Waals surface area (Å²) in [5, 5.41) is 0. The van der Waals surface area contributed by atoms with Gasteiger partial charge in [0.2, 0.25) is 0 Å². The smallest absolute Gasteiger partial charge is 0.159 e. The van der Waals surface area contributed by atoms with Gasteiger partial charge in [-0.25, -0.2) is 9.97 Å². The lowest BCUT2D eigenvalue weighted by atomic mass is 9.89. The highest BCUT2D eigenvalue weighted by molar-refractivity contribution is 9.10. The average Bonchev–Trinajstić information content (AvgIpc) is 2.39. The van der Waals surface area contributed by atoms with Gasteiger partial charge >= 0.3 is 0 Å². The highest BCUT2D eigenvalue weighted by Crippen LogP contribution is 2.25. The van der Waals surface area contributed by atoms with E-state index in [1.807, 2.05) is 18.3 Å². The van der Waals surface area contributed by atoms with Crippen LogP contribution < -0.4 is 0 Å². The molecule has 1 atom stereocenters. The van der Waals surface area contributed by atoms with E-state index < -0.39 is 0 Å². The van der Waals surface area contributed by atoms with E-state index in [2.05, 4.69) is 40.0 Å². The molecule has 0 spiro atoms. The van der Waals surface area contributed by atoms with Gasteiger partial charge in [-0.2, -0.15) is 0 Å². The maximum Gasteiger partial charge on any atom is 0.159 e. The molecule has 3 heteroatoms. The van der Waals surface area contributed by atoms with Crippen LogP contribution in [0.4, 0.5) is 0 Å². The Morgan fingerprint density at radius 1 is 1.22 bits per heavy atom. The number of fused-ring (bicyclic) bond motifs is 1. The summed E-state index contributed by atoms with van der Waals surface area (Å²) in [6.07, 6.45) is 5.46. The van der Waals surface area contributed by atoms with Crippen molar-refractivity contribution in [2.24, 2.45) is 5.92 Å². The van der Waals surface area contributed by atoms with Crippen LogP contribution in [0.2, 0.25) is 0 Å². The molecular formula is C15H15BrN2. The van der Waals surface area contributed by atoms with Crippen LogP contribution in [-0.4, -0.2) is 9.97 Å². The summed E-state index contributed by atoms with van der Waals surface area (Å²) < 4.78 is 1.08. The number of aromatic nitrogens is 2. The molecule has 1 aliphatic rings. The normalized spacial score (nSPS) is 18.4. The maximum absolute atomic E-state index is 4.72. The summed E-state index contributed by atoms with van der Waals surface area (Å²) in [6, 6.07) is 8.16. The minimum absolute atomic E-state index is 0.764. The fourth-order valence-electron chi connectivity index (χ4n) is 2.43. The van der Waals surface area contributed by atoms with E-state index >= 15 is 0 Å². The third-order valence-electron chi connectivity index (χ3n) is 3.50. The van der Waals surface area contributed by atoms with Crippen LogP contribution in [0.1, 0.15) is 24.6 Å². The van der Waals surface area contributed by atoms with Gasteiger partial charge < -0.3 is 0 Å². The van der Waals surface area contributed by atoms with Gasteiger partial charge in [0.25, 0.3) is 0 Å². The Bertz CT molecular complexity index is 563. The lowest BCUT2D eigenvalue weighted by molar-refractivity contribution is 0.492. The van der Waals surface area contributed by atoms with Crippen LogP contribution in [-0.2, 0) is 12.8 Å². The van der Waals surface area contributed by atoms with E-state index in [9.17, 15) is 0 Å². The van der Waals surface area contributed by atoms with Crippen molar-refractivity contribution in [3.63, 3.8) is 0 Å². The van der Waals surface area contributed by atoms with Crippen LogP contribution in [0, 0.1) is 5.92 Å². The minimum atomic E-state index is 0.764. The van der Waals surface area contributed by atoms with Crippen molar-refractivity contribution in [3.8, 4) is 11.4 Å². The summed E-state index contributed by atoms with van der Waals surface area (Å²) in [5.41, 5.74) is 3.65. The van der Waals surface area contributed by atoms with Crippen molar-refractivity contribution in [2.75, 3.05) is 0 Å². The molecule has 0 N–H and O–H groups in total. The number of aryl methyl sites for hydroxylation is 1. The molecule has 0 fully saturated rings. The lowest BCUT2D eigenvalue weighted by Crippen LogP contribution is -2.13. The Morgan fingerprint density at radius 2 is 2.00 bits per heavy atom. The van der Waals surface area contributed by atoms with Gasteiger partial charge in [-0.3, -0.25) is 0 Å². The maximum atomic E-state index is 4.72. The Balaban J connectivity index is 1.97. The number of hydrogen-bond donors (Lipinski definition) is 0. The topological polar surface area (TPSA) is 25.8 Å². The van der Waals surface area contributed by atoms with E-state index in [1.54, 1.807) is 0 Å². The number of rotatable bonds is 1. The van der Waals surface area contributed by atoms with Crippen molar-refractivity contribution in [2.45, 2.75) is 26.2 Å². The summed E-state index contributed by atoms with van der Waals surface area (Å²) in [6.45, 7) is 2.30. The fraction of sp³-hybridized carbons (Fsp3) is 0.333. The molecule has 1 aliphatic carbocycles. The van der Waals surface area contributed by atoms with Crippen molar-refractivity contribution in [1.82, 2.24) is 9.97 Å². The van der Waals surface area contributed by atoms with E-state index in [1.165, 1.54) is 17.7 Å². The van der Waals surface area contributed by atoms with E-state index in [0.717, 1.165) is 34.6 Å². The molecule has 0 saturated carbocycles. The molecular weight excluding hydrogens is 288 g/mol. The Morgan fingerprint density at radius 3 is 2.78 bits per heavy atom. The van der Waals surface area contributed by atoms with Crippen molar-refractivity contribution < 1.29 is 0 Å². The van der Waals surface area contributed by atoms with Crippen LogP contribution in [0.25, 0.3) is 11.4 Å². The standard InChI is InChI=1S/C15H15BrN2/c1-10-2-7-14-12(8-10)9-17-15(18-14)11-3-5-13(16)6-4-11/h3-6,9-10H,2,7-8H2,1H3. The first kappa shape index (κ1) is 11.8. The van der Waals surface area contributed by atoms with Gasteiger partial charge in [0.1, 0.15) is 0 Å². The molecule has 0 radical (unpaired) electrons. The predicted molar refractivity (Wildman–Crippen MR) is 76.4 cm³/mol. The highest BCUT2D eigenvalue weighted by atomic mass is 79.9. The fourth-order valence-corrected chi connectivity index (χ4v) is 2.69. The Kier molecular flexibility index (Phi) is 3.16. The molecule has 0 bridgehead atoms. The van der Waals surface area contributed by atoms with Crippen LogP contribution in [0.5, 0.6) is 0 Å². The zero-order chi connectivity index (χ0) is 12.5. The second-order valence-corrected chi connectivity index (χ2v) is 5.94. The quantitative estimate of drug-likeness (QED) is 0.795. The predicted octanol–water partition coefficient (Wildman–Crippen LogP) is 4.03. The van der Waals surface area contributed by atoms with Gasteiger partial charge in [-0.15, -0.1) is 0 Å². The summed E-state index contributed by atoms with van der Waals surface area (Å²) in [7, 11) is 0. The number of nitrogens with zero attached hydrogens (tertiary/aromatic N) is 2. The van der Waals surface area contributed by atoms with E-state index in [-0.39, 0.29) is 0 Å². The largest absolute Gasteiger partial charge is 0.236 e. The number of hydrogen-bond acceptors (Lipinski definition) is 2. The van der Waals surface area contributed by atoms with Gasteiger partial charge in [-0.1, -0.05) is 35.0 Å². The molecule has 2 aromatic rings. The molecule has 0 aliphatic heterocycles. The van der Waals surface area contributed by atoms with Crippen LogP contribution >= 0.6 is 15.9 Å². The zero-order valence-electron chi connectivity index (χ0n) is 10.4. The molecule has 0 amide bonds. The first-order valence-corrected chi connectivity index (χ1v) is 7.12. The Hall–Kier alpha value is -1.22. The van der Waals surface area contributed by atoms with Gasteiger partial charge in [0.15, 0.2) is 5.82 Å². The molecule has 92 valence electrons. The van der Waals surface area contributed by atoms with E-state index in [0.29, 0.717) is 0 Å². The molecule has 1 aromatic heterocycles. The SMILES string of the molecule is CC1CCc2nc(-c3ccc(Br)cc3)ncc2C1. The average molecular weight is 303 g/mol. The van der Waals surface area contributed by atoms with E-state index in [4.69, 9.17) is 4.98 Å². The molecule has 3 rings (SSSR count).